The summed E-state index contributed by atoms with van der Waals surface area (Å²) in [6.45, 7) is 24.6. The third-order valence-corrected chi connectivity index (χ3v) is 11.9. The number of aromatic hydroxyl groups is 2. The van der Waals surface area contributed by atoms with Gasteiger partial charge in [-0.15, -0.1) is 0 Å². The number of hydrogen-bond donors (Lipinski definition) is 2. The van der Waals surface area contributed by atoms with Gasteiger partial charge in [0.05, 0.1) is 0 Å². The Labute approximate surface area is 357 Å². The van der Waals surface area contributed by atoms with Crippen molar-refractivity contribution in [1.82, 2.24) is 0 Å². The summed E-state index contributed by atoms with van der Waals surface area (Å²) in [5.41, 5.74) is 13.4. The van der Waals surface area contributed by atoms with Crippen LogP contribution in [0.2, 0.25) is 0 Å². The van der Waals surface area contributed by atoms with Crippen LogP contribution >= 0.6 is 0 Å². The number of hydrogen-bond acceptors (Lipinski definition) is 2. The molecule has 0 radical (unpaired) electrons. The Balaban J connectivity index is 1.60. The quantitative estimate of drug-likeness (QED) is 0.0699. The van der Waals surface area contributed by atoms with E-state index in [9.17, 15) is 10.2 Å². The summed E-state index contributed by atoms with van der Waals surface area (Å²) in [6, 6.07) is 7.51. The summed E-state index contributed by atoms with van der Waals surface area (Å²) in [5.74, 6) is 1.38. The molecule has 0 heterocycles. The Bertz CT molecular complexity index is 1790. The van der Waals surface area contributed by atoms with Crippen molar-refractivity contribution in [1.29, 1.82) is 0 Å². The fourth-order valence-corrected chi connectivity index (χ4v) is 7.63. The maximum Gasteiger partial charge on any atom is 0.127 e. The van der Waals surface area contributed by atoms with E-state index in [2.05, 4.69) is 118 Å². The fourth-order valence-electron chi connectivity index (χ4n) is 7.63. The first-order valence-corrected chi connectivity index (χ1v) is 22.8. The normalized spacial score (nSPS) is 14.4. The van der Waals surface area contributed by atoms with Crippen molar-refractivity contribution >= 4 is 10.8 Å². The first-order chi connectivity index (χ1) is 27.7. The largest absolute Gasteiger partial charge is 0.507 e. The van der Waals surface area contributed by atoms with Gasteiger partial charge in [-0.05, 0) is 190 Å². The lowest BCUT2D eigenvalue weighted by Crippen LogP contribution is -1.94. The van der Waals surface area contributed by atoms with Gasteiger partial charge in [0.1, 0.15) is 11.5 Å². The molecule has 0 aliphatic rings. The Hall–Kier alpha value is -3.78. The van der Waals surface area contributed by atoms with E-state index in [1.807, 2.05) is 31.2 Å². The van der Waals surface area contributed by atoms with Crippen molar-refractivity contribution in [2.24, 2.45) is 5.92 Å². The van der Waals surface area contributed by atoms with Gasteiger partial charge in [0.25, 0.3) is 0 Å². The van der Waals surface area contributed by atoms with Crippen LogP contribution in [-0.4, -0.2) is 10.2 Å². The van der Waals surface area contributed by atoms with E-state index in [1.165, 1.54) is 90.4 Å². The summed E-state index contributed by atoms with van der Waals surface area (Å²) in [4.78, 5) is 0. The van der Waals surface area contributed by atoms with E-state index in [0.29, 0.717) is 17.2 Å². The van der Waals surface area contributed by atoms with E-state index in [-0.39, 0.29) is 11.5 Å². The summed E-state index contributed by atoms with van der Waals surface area (Å²) in [6.07, 6.45) is 39.8. The molecule has 58 heavy (non-hydrogen) atoms. The molecule has 2 rings (SSSR count). The van der Waals surface area contributed by atoms with Gasteiger partial charge in [-0.1, -0.05) is 131 Å². The average molecular weight is 789 g/mol. The molecule has 0 amide bonds. The number of phenolic OH excluding ortho intramolecular Hbond substituents is 2. The minimum Gasteiger partial charge on any atom is -0.507 e. The predicted octanol–water partition coefficient (Wildman–Crippen LogP) is 18.0. The lowest BCUT2D eigenvalue weighted by Gasteiger charge is -2.13. The monoisotopic (exact) mass is 789 g/mol. The zero-order valence-corrected chi connectivity index (χ0v) is 39.1. The molecule has 0 saturated carbocycles. The molecule has 2 aromatic carbocycles. The zero-order valence-electron chi connectivity index (χ0n) is 39.1. The molecule has 0 fully saturated rings. The molecule has 0 aliphatic carbocycles. The van der Waals surface area contributed by atoms with E-state index >= 15 is 0 Å². The topological polar surface area (TPSA) is 40.5 Å². The van der Waals surface area contributed by atoms with Crippen molar-refractivity contribution in [2.45, 2.75) is 192 Å². The maximum atomic E-state index is 10.9. The second-order valence-corrected chi connectivity index (χ2v) is 18.0. The van der Waals surface area contributed by atoms with E-state index in [1.54, 1.807) is 5.57 Å². The zero-order chi connectivity index (χ0) is 42.9. The van der Waals surface area contributed by atoms with E-state index < -0.39 is 0 Å². The Morgan fingerprint density at radius 1 is 0.466 bits per heavy atom. The van der Waals surface area contributed by atoms with Crippen molar-refractivity contribution in [3.05, 3.63) is 129 Å². The minimum absolute atomic E-state index is 0.268. The van der Waals surface area contributed by atoms with Gasteiger partial charge in [-0.2, -0.15) is 0 Å². The van der Waals surface area contributed by atoms with Gasteiger partial charge in [0.2, 0.25) is 0 Å². The molecular formula is C56H84O2. The molecule has 0 bridgehead atoms. The second kappa shape index (κ2) is 28.6. The molecular weight excluding hydrogens is 705 g/mol. The number of benzene rings is 2. The maximum absolute atomic E-state index is 10.9. The van der Waals surface area contributed by atoms with Gasteiger partial charge in [0.15, 0.2) is 0 Å². The average Bonchev–Trinajstić information content (AvgIpc) is 3.17. The molecule has 0 aliphatic heterocycles. The molecule has 2 heteroatoms. The van der Waals surface area contributed by atoms with Crippen LogP contribution in [0.15, 0.2) is 117 Å². The predicted molar refractivity (Wildman–Crippen MR) is 259 cm³/mol. The van der Waals surface area contributed by atoms with Crippen LogP contribution in [0, 0.1) is 12.8 Å². The van der Waals surface area contributed by atoms with Crippen LogP contribution in [-0.2, 0) is 6.42 Å². The molecule has 320 valence electrons. The van der Waals surface area contributed by atoms with Crippen molar-refractivity contribution < 1.29 is 10.2 Å². The molecule has 2 N–H and O–H groups in total. The Morgan fingerprint density at radius 3 is 1.22 bits per heavy atom. The Kier molecular flexibility index (Phi) is 24.8. The number of allylic oxidation sites excluding steroid dienone is 16. The number of rotatable bonds is 27. The van der Waals surface area contributed by atoms with Crippen molar-refractivity contribution in [2.75, 3.05) is 0 Å². The van der Waals surface area contributed by atoms with E-state index in [4.69, 9.17) is 0 Å². The van der Waals surface area contributed by atoms with Gasteiger partial charge >= 0.3 is 0 Å². The van der Waals surface area contributed by atoms with Crippen molar-refractivity contribution in [3.63, 3.8) is 0 Å². The highest BCUT2D eigenvalue weighted by Gasteiger charge is 2.15. The van der Waals surface area contributed by atoms with Crippen molar-refractivity contribution in [3.8, 4) is 11.5 Å². The molecule has 0 aromatic heterocycles. The van der Waals surface area contributed by atoms with Gasteiger partial charge in [-0.25, -0.2) is 0 Å². The third-order valence-electron chi connectivity index (χ3n) is 11.9. The van der Waals surface area contributed by atoms with Gasteiger partial charge < -0.3 is 10.2 Å². The van der Waals surface area contributed by atoms with Crippen LogP contribution in [0.1, 0.15) is 190 Å². The number of fused-ring (bicyclic) bond motifs is 1. The highest BCUT2D eigenvalue weighted by atomic mass is 16.3. The Morgan fingerprint density at radius 2 is 0.828 bits per heavy atom. The molecule has 2 aromatic rings. The standard InChI is InChI=1S/C56H84O2/c1-42(2)22-14-23-43(3)24-15-25-44(4)26-16-27-45(5)28-17-29-46(6)30-18-31-47(7)32-19-33-48(8)34-20-35-49(9)36-21-37-50(10)40-41-52-51(11)55(57)53-38-12-13-39-54(53)56(52)58/h12-13,22,26,28,30,32,34,36,38-40,43,57-58H,14-21,23-25,27,29,31,33,35,37,41H2,1-11H3/b44-26+,45-28+,46-30-,47-32+,48-34+,49-36+,50-40+. The smallest absolute Gasteiger partial charge is 0.127 e. The molecule has 1 atom stereocenters. The third kappa shape index (κ3) is 21.3. The highest BCUT2D eigenvalue weighted by molar-refractivity contribution is 5.95. The SMILES string of the molecule is CC(C)=CCCC(C)CCC/C(C)=C/CC/C(C)=C/CC/C(C)=C\CC/C(C)=C/CC/C(C)=C/CC/C(C)=C/CC/C(C)=C/Cc1c(C)c(O)c2ccccc2c1O. The minimum atomic E-state index is 0.268. The summed E-state index contributed by atoms with van der Waals surface area (Å²) in [5, 5.41) is 23.0. The first-order valence-electron chi connectivity index (χ1n) is 22.8. The van der Waals surface area contributed by atoms with Crippen LogP contribution in [0.25, 0.3) is 10.8 Å². The lowest BCUT2D eigenvalue weighted by atomic mass is 9.95. The molecule has 0 spiro atoms. The molecule has 1 unspecified atom stereocenters. The molecule has 0 saturated heterocycles. The van der Waals surface area contributed by atoms with Gasteiger partial charge in [0, 0.05) is 16.3 Å². The van der Waals surface area contributed by atoms with Crippen LogP contribution in [0.3, 0.4) is 0 Å². The lowest BCUT2D eigenvalue weighted by molar-refractivity contribution is 0.461. The van der Waals surface area contributed by atoms with Gasteiger partial charge in [-0.3, -0.25) is 0 Å². The number of phenols is 2. The first kappa shape index (κ1) is 50.4. The molecule has 2 nitrogen and oxygen atoms in total. The fraction of sp³-hybridized carbons (Fsp3) is 0.536. The highest BCUT2D eigenvalue weighted by Crippen LogP contribution is 2.39. The van der Waals surface area contributed by atoms with Crippen LogP contribution in [0.4, 0.5) is 0 Å². The summed E-state index contributed by atoms with van der Waals surface area (Å²) < 4.78 is 0. The van der Waals surface area contributed by atoms with E-state index in [0.717, 1.165) is 74.8 Å². The second-order valence-electron chi connectivity index (χ2n) is 18.0. The summed E-state index contributed by atoms with van der Waals surface area (Å²) in [7, 11) is 0. The van der Waals surface area contributed by atoms with Crippen LogP contribution < -0.4 is 0 Å². The van der Waals surface area contributed by atoms with Crippen LogP contribution in [0.5, 0.6) is 11.5 Å². The summed E-state index contributed by atoms with van der Waals surface area (Å²) >= 11 is 0.